The molecule has 0 aliphatic heterocycles. The van der Waals surface area contributed by atoms with Crippen molar-refractivity contribution in [3.63, 3.8) is 0 Å². The first-order valence-corrected chi connectivity index (χ1v) is 11.2. The van der Waals surface area contributed by atoms with Crippen LogP contribution >= 0.6 is 0 Å². The lowest BCUT2D eigenvalue weighted by Crippen LogP contribution is -2.38. The van der Waals surface area contributed by atoms with Gasteiger partial charge >= 0.3 is 0 Å². The predicted octanol–water partition coefficient (Wildman–Crippen LogP) is 1.78. The summed E-state index contributed by atoms with van der Waals surface area (Å²) < 4.78 is 22.1. The fourth-order valence-electron chi connectivity index (χ4n) is 2.38. The summed E-state index contributed by atoms with van der Waals surface area (Å²) in [5, 5.41) is 49.9. The van der Waals surface area contributed by atoms with Crippen molar-refractivity contribution in [2.24, 2.45) is 20.5 Å². The predicted molar refractivity (Wildman–Crippen MR) is 134 cm³/mol. The summed E-state index contributed by atoms with van der Waals surface area (Å²) in [6, 6.07) is 0. The standard InChI is InChI=1S/C15H29N9O9.C3H5N3/c16-22-19-1-11(4-25)30-9-14(32-12(5-26)2-20-23-17)7-29-8-15(10-31-28)33-13(6-27)3-21-24-18;1-2-3-5-6-4/h11-15,25-28H,1-10H2;2H,1,3H2. The minimum absolute atomic E-state index is 0.125. The Bertz CT molecular complexity index is 815. The number of hydrogen-bond acceptors (Lipinski definition) is 13. The van der Waals surface area contributed by atoms with Crippen LogP contribution in [0.3, 0.4) is 0 Å². The Morgan fingerprint density at radius 2 is 1.08 bits per heavy atom. The molecule has 21 heteroatoms. The third-order valence-electron chi connectivity index (χ3n) is 4.09. The van der Waals surface area contributed by atoms with Gasteiger partial charge in [-0.1, -0.05) is 26.5 Å². The summed E-state index contributed by atoms with van der Waals surface area (Å²) >= 11 is 0. The largest absolute Gasteiger partial charge is 0.394 e. The maximum atomic E-state index is 9.41. The molecule has 0 fully saturated rings. The average Bonchev–Trinajstić information content (AvgIpc) is 2.96. The minimum atomic E-state index is -0.863. The monoisotopic (exact) mass is 562 g/mol. The molecule has 0 amide bonds. The maximum absolute atomic E-state index is 9.41. The van der Waals surface area contributed by atoms with Gasteiger partial charge < -0.3 is 34.3 Å². The van der Waals surface area contributed by atoms with Crippen LogP contribution < -0.4 is 0 Å². The molecule has 39 heavy (non-hydrogen) atoms. The van der Waals surface area contributed by atoms with Crippen LogP contribution in [-0.4, -0.2) is 124 Å². The van der Waals surface area contributed by atoms with Crippen molar-refractivity contribution < 1.29 is 44.4 Å². The highest BCUT2D eigenvalue weighted by Crippen LogP contribution is 2.07. The van der Waals surface area contributed by atoms with E-state index in [0.717, 1.165) is 0 Å². The summed E-state index contributed by atoms with van der Waals surface area (Å²) in [6.45, 7) is 1.22. The smallest absolute Gasteiger partial charge is 0.110 e. The number of azide groups is 4. The fourth-order valence-corrected chi connectivity index (χ4v) is 2.38. The molecule has 0 aromatic heterocycles. The third-order valence-corrected chi connectivity index (χ3v) is 4.09. The first-order chi connectivity index (χ1) is 19.0. The van der Waals surface area contributed by atoms with Gasteiger partial charge in [-0.05, 0) is 22.1 Å². The van der Waals surface area contributed by atoms with Gasteiger partial charge in [-0.2, -0.15) is 0 Å². The van der Waals surface area contributed by atoms with E-state index in [1.54, 1.807) is 6.08 Å². The minimum Gasteiger partial charge on any atom is -0.394 e. The van der Waals surface area contributed by atoms with Crippen molar-refractivity contribution >= 4 is 0 Å². The van der Waals surface area contributed by atoms with Gasteiger partial charge in [-0.3, -0.25) is 5.26 Å². The van der Waals surface area contributed by atoms with E-state index >= 15 is 0 Å². The molecule has 220 valence electrons. The first kappa shape index (κ1) is 37.8. The van der Waals surface area contributed by atoms with E-state index in [4.69, 9.17) is 46.3 Å². The van der Waals surface area contributed by atoms with Crippen molar-refractivity contribution in [2.75, 3.05) is 72.4 Å². The van der Waals surface area contributed by atoms with Gasteiger partial charge in [-0.25, -0.2) is 4.89 Å². The molecule has 0 saturated heterocycles. The number of aliphatic hydroxyl groups is 3. The second kappa shape index (κ2) is 29.2. The molecule has 21 nitrogen and oxygen atoms in total. The van der Waals surface area contributed by atoms with E-state index in [-0.39, 0.29) is 46.1 Å². The first-order valence-electron chi connectivity index (χ1n) is 11.2. The van der Waals surface area contributed by atoms with Crippen LogP contribution in [0.15, 0.2) is 33.1 Å². The highest BCUT2D eigenvalue weighted by molar-refractivity contribution is 4.70. The van der Waals surface area contributed by atoms with Gasteiger partial charge in [0.05, 0.1) is 77.6 Å². The molecule has 0 bridgehead atoms. The molecule has 0 aromatic rings. The number of aliphatic hydroxyl groups excluding tert-OH is 3. The van der Waals surface area contributed by atoms with E-state index in [0.29, 0.717) is 6.54 Å². The molecular formula is C18H34N12O9. The lowest BCUT2D eigenvalue weighted by molar-refractivity contribution is -0.268. The Balaban J connectivity index is 0. The second-order valence-electron chi connectivity index (χ2n) is 7.04. The highest BCUT2D eigenvalue weighted by atomic mass is 17.1. The summed E-state index contributed by atoms with van der Waals surface area (Å²) in [5.74, 6) is 0. The molecule has 0 rings (SSSR count). The van der Waals surface area contributed by atoms with E-state index in [9.17, 15) is 15.3 Å². The molecule has 5 unspecified atom stereocenters. The summed E-state index contributed by atoms with van der Waals surface area (Å²) in [7, 11) is 0. The lowest BCUT2D eigenvalue weighted by Gasteiger charge is -2.26. The SMILES string of the molecule is C=CCN=[N+]=[N-].[N-]=[N+]=NCC(CO)OCC(COCC(COO)OC(CO)CN=[N+]=[N-])OC(CO)CN=[N+]=[N-]. The Morgan fingerprint density at radius 1 is 0.641 bits per heavy atom. The Hall–Kier alpha value is -3.38. The van der Waals surface area contributed by atoms with Gasteiger partial charge in [0, 0.05) is 26.2 Å². The van der Waals surface area contributed by atoms with Crippen LogP contribution in [0.2, 0.25) is 0 Å². The van der Waals surface area contributed by atoms with Crippen LogP contribution in [0, 0.1) is 0 Å². The molecule has 0 aromatic carbocycles. The van der Waals surface area contributed by atoms with E-state index in [1.165, 1.54) is 0 Å². The zero-order valence-electron chi connectivity index (χ0n) is 21.1. The molecule has 0 aliphatic carbocycles. The van der Waals surface area contributed by atoms with Crippen molar-refractivity contribution in [3.8, 4) is 0 Å². The van der Waals surface area contributed by atoms with Crippen LogP contribution in [0.25, 0.3) is 41.8 Å². The second-order valence-corrected chi connectivity index (χ2v) is 7.04. The van der Waals surface area contributed by atoms with Crippen LogP contribution in [0.5, 0.6) is 0 Å². The van der Waals surface area contributed by atoms with Crippen molar-refractivity contribution in [2.45, 2.75) is 30.5 Å². The van der Waals surface area contributed by atoms with Gasteiger partial charge in [0.15, 0.2) is 0 Å². The molecule has 0 aliphatic rings. The highest BCUT2D eigenvalue weighted by Gasteiger charge is 2.21. The van der Waals surface area contributed by atoms with Crippen LogP contribution in [0.4, 0.5) is 0 Å². The lowest BCUT2D eigenvalue weighted by atomic mass is 10.3. The average molecular weight is 563 g/mol. The van der Waals surface area contributed by atoms with Crippen LogP contribution in [0.1, 0.15) is 0 Å². The number of rotatable bonds is 24. The molecule has 0 heterocycles. The zero-order valence-corrected chi connectivity index (χ0v) is 21.1. The molecule has 0 saturated carbocycles. The zero-order chi connectivity index (χ0) is 29.6. The van der Waals surface area contributed by atoms with Crippen molar-refractivity contribution in [1.29, 1.82) is 0 Å². The van der Waals surface area contributed by atoms with Crippen LogP contribution in [-0.2, 0) is 23.8 Å². The van der Waals surface area contributed by atoms with Gasteiger partial charge in [0.2, 0.25) is 0 Å². The normalized spacial score (nSPS) is 13.8. The Labute approximate surface area is 222 Å². The van der Waals surface area contributed by atoms with Gasteiger partial charge in [0.25, 0.3) is 0 Å². The summed E-state index contributed by atoms with van der Waals surface area (Å²) in [4.78, 5) is 14.3. The fraction of sp³-hybridized carbons (Fsp3) is 0.889. The quantitative estimate of drug-likeness (QED) is 0.0332. The molecule has 4 N–H and O–H groups in total. The van der Waals surface area contributed by atoms with E-state index in [1.807, 2.05) is 0 Å². The van der Waals surface area contributed by atoms with Crippen molar-refractivity contribution in [3.05, 3.63) is 54.4 Å². The van der Waals surface area contributed by atoms with E-state index < -0.39 is 50.3 Å². The van der Waals surface area contributed by atoms with E-state index in [2.05, 4.69) is 51.6 Å². The van der Waals surface area contributed by atoms with Gasteiger partial charge in [0.1, 0.15) is 18.8 Å². The molecular weight excluding hydrogens is 528 g/mol. The third kappa shape index (κ3) is 23.5. The van der Waals surface area contributed by atoms with Gasteiger partial charge in [-0.15, -0.1) is 6.58 Å². The molecule has 0 spiro atoms. The van der Waals surface area contributed by atoms with Crippen molar-refractivity contribution in [1.82, 2.24) is 0 Å². The summed E-state index contributed by atoms with van der Waals surface area (Å²) in [5.41, 5.74) is 32.8. The number of hydrogen-bond donors (Lipinski definition) is 4. The Morgan fingerprint density at radius 3 is 1.44 bits per heavy atom. The Kier molecular flexibility index (Phi) is 28.3. The molecule has 5 atom stereocenters. The maximum Gasteiger partial charge on any atom is 0.110 e. The number of nitrogens with zero attached hydrogens (tertiary/aromatic N) is 12. The number of ether oxygens (including phenoxy) is 4. The topological polar surface area (TPSA) is 322 Å². The summed E-state index contributed by atoms with van der Waals surface area (Å²) in [6.07, 6.45) is -2.65. The molecule has 0 radical (unpaired) electrons.